The van der Waals surface area contributed by atoms with Gasteiger partial charge >= 0.3 is 12.1 Å². The van der Waals surface area contributed by atoms with Crippen LogP contribution in [-0.4, -0.2) is 136 Å². The smallest absolute Gasteiger partial charge is 0.379 e. The monoisotopic (exact) mass is 832 g/mol. The Hall–Kier alpha value is -3.81. The lowest BCUT2D eigenvalue weighted by atomic mass is 9.90. The van der Waals surface area contributed by atoms with Crippen molar-refractivity contribution < 1.29 is 55.0 Å². The molecule has 5 amide bonds. The van der Waals surface area contributed by atoms with Gasteiger partial charge in [-0.25, -0.2) is 13.1 Å². The van der Waals surface area contributed by atoms with Crippen molar-refractivity contribution in [1.82, 2.24) is 24.7 Å². The fourth-order valence-electron chi connectivity index (χ4n) is 7.79. The molecule has 7 atom stereocenters. The molecular formula is C38H59F3N6O9S. The van der Waals surface area contributed by atoms with Gasteiger partial charge in [-0.1, -0.05) is 33.6 Å². The number of benzene rings is 1. The number of hydrogen-bond acceptors (Lipinski definition) is 10. The molecule has 0 aliphatic carbocycles. The zero-order chi connectivity index (χ0) is 42.8. The number of rotatable bonds is 18. The van der Waals surface area contributed by atoms with Crippen LogP contribution in [0.25, 0.3) is 0 Å². The van der Waals surface area contributed by atoms with Crippen molar-refractivity contribution in [2.45, 2.75) is 127 Å². The zero-order valence-electron chi connectivity index (χ0n) is 34.1. The Morgan fingerprint density at radius 1 is 0.947 bits per heavy atom. The molecule has 0 aromatic heterocycles. The highest BCUT2D eigenvalue weighted by Gasteiger charge is 2.43. The molecule has 3 rings (SSSR count). The normalized spacial score (nSPS) is 20.6. The van der Waals surface area contributed by atoms with Crippen molar-refractivity contribution in [3.05, 3.63) is 24.3 Å². The molecule has 0 radical (unpaired) electrons. The van der Waals surface area contributed by atoms with Crippen molar-refractivity contribution in [2.24, 2.45) is 11.8 Å². The summed E-state index contributed by atoms with van der Waals surface area (Å²) in [6, 6.07) is 2.53. The van der Waals surface area contributed by atoms with Crippen molar-refractivity contribution in [1.29, 1.82) is 0 Å². The molecule has 15 nitrogen and oxygen atoms in total. The number of methoxy groups -OCH3 is 2. The van der Waals surface area contributed by atoms with E-state index in [4.69, 9.17) is 9.47 Å². The maximum atomic E-state index is 14.0. The zero-order valence-corrected chi connectivity index (χ0v) is 34.9. The Kier molecular flexibility index (Phi) is 17.3. The van der Waals surface area contributed by atoms with Crippen LogP contribution in [0, 0.1) is 11.8 Å². The summed E-state index contributed by atoms with van der Waals surface area (Å²) in [4.78, 5) is 70.2. The highest BCUT2D eigenvalue weighted by molar-refractivity contribution is 7.90. The van der Waals surface area contributed by atoms with E-state index in [2.05, 4.69) is 10.2 Å². The van der Waals surface area contributed by atoms with E-state index in [0.29, 0.717) is 25.8 Å². The molecule has 2 aliphatic heterocycles. The van der Waals surface area contributed by atoms with Crippen LogP contribution in [-0.2, 0) is 43.5 Å². The Morgan fingerprint density at radius 2 is 1.60 bits per heavy atom. The van der Waals surface area contributed by atoms with Crippen LogP contribution >= 0.6 is 0 Å². The lowest BCUT2D eigenvalue weighted by molar-refractivity contribution is -0.167. The average Bonchev–Trinajstić information content (AvgIpc) is 3.65. The number of piperidine rings is 1. The van der Waals surface area contributed by atoms with Crippen LogP contribution in [0.15, 0.2) is 29.2 Å². The number of likely N-dealkylation sites (tertiary alicyclic amines) is 2. The molecule has 57 heavy (non-hydrogen) atoms. The predicted molar refractivity (Wildman–Crippen MR) is 205 cm³/mol. The van der Waals surface area contributed by atoms with Gasteiger partial charge in [0.15, 0.2) is 0 Å². The van der Waals surface area contributed by atoms with Crippen LogP contribution < -0.4 is 15.4 Å². The summed E-state index contributed by atoms with van der Waals surface area (Å²) in [5.41, 5.74) is -0.303. The second kappa shape index (κ2) is 20.7. The summed E-state index contributed by atoms with van der Waals surface area (Å²) in [6.45, 7) is 10.4. The second-order valence-electron chi connectivity index (χ2n) is 15.2. The Labute approximate surface area is 333 Å². The first-order valence-electron chi connectivity index (χ1n) is 19.4. The van der Waals surface area contributed by atoms with Crippen LogP contribution in [0.1, 0.15) is 79.6 Å². The van der Waals surface area contributed by atoms with Gasteiger partial charge < -0.3 is 29.9 Å². The first-order valence-corrected chi connectivity index (χ1v) is 20.9. The van der Waals surface area contributed by atoms with E-state index in [0.717, 1.165) is 50.1 Å². The first-order chi connectivity index (χ1) is 26.7. The van der Waals surface area contributed by atoms with Crippen LogP contribution in [0.5, 0.6) is 0 Å². The minimum Gasteiger partial charge on any atom is -0.379 e. The topological polar surface area (TPSA) is 184 Å². The van der Waals surface area contributed by atoms with Crippen molar-refractivity contribution in [3.63, 3.8) is 0 Å². The van der Waals surface area contributed by atoms with Gasteiger partial charge in [0.2, 0.25) is 23.6 Å². The third-order valence-corrected chi connectivity index (χ3v) is 12.5. The Morgan fingerprint density at radius 3 is 2.16 bits per heavy atom. The quantitative estimate of drug-likeness (QED) is 0.199. The van der Waals surface area contributed by atoms with E-state index in [-0.39, 0.29) is 54.4 Å². The SMILES string of the molecule is CC[C@H](C)[C@@H]([C@@H](CC(=O)N1CCC[C@H]1[C@H](OC)[C@@H](C)C(=O)NS(=O)(=O)c1ccc(NC(=O)C(F)(F)F)cc1)OC)N(C)C(=O)CNC(=O)[C@H]1CCCCN1C(C)C. The lowest BCUT2D eigenvalue weighted by Gasteiger charge is -2.39. The number of anilines is 1. The van der Waals surface area contributed by atoms with E-state index >= 15 is 0 Å². The predicted octanol–water partition coefficient (Wildman–Crippen LogP) is 3.29. The fourth-order valence-corrected chi connectivity index (χ4v) is 8.85. The largest absolute Gasteiger partial charge is 0.471 e. The van der Waals surface area contributed by atoms with Crippen LogP contribution in [0.3, 0.4) is 0 Å². The number of nitrogens with one attached hydrogen (secondary N) is 3. The molecule has 0 bridgehead atoms. The molecular weight excluding hydrogens is 774 g/mol. The molecule has 0 spiro atoms. The van der Waals surface area contributed by atoms with Gasteiger partial charge in [-0.15, -0.1) is 0 Å². The maximum absolute atomic E-state index is 14.0. The van der Waals surface area contributed by atoms with Gasteiger partial charge in [0.25, 0.3) is 10.0 Å². The number of ether oxygens (including phenoxy) is 2. The third kappa shape index (κ3) is 12.3. The molecule has 2 fully saturated rings. The van der Waals surface area contributed by atoms with Gasteiger partial charge in [0.1, 0.15) is 0 Å². The summed E-state index contributed by atoms with van der Waals surface area (Å²) in [7, 11) is -0.0402. The van der Waals surface area contributed by atoms with Gasteiger partial charge in [0, 0.05) is 39.5 Å². The number of likely N-dealkylation sites (N-methyl/N-ethyl adjacent to an activating group) is 1. The highest BCUT2D eigenvalue weighted by Crippen LogP contribution is 2.30. The molecule has 3 N–H and O–H groups in total. The number of carbonyl (C=O) groups excluding carboxylic acids is 5. The Bertz CT molecular complexity index is 1660. The van der Waals surface area contributed by atoms with Gasteiger partial charge in [-0.2, -0.15) is 13.2 Å². The van der Waals surface area contributed by atoms with Crippen LogP contribution in [0.2, 0.25) is 0 Å². The summed E-state index contributed by atoms with van der Waals surface area (Å²) in [5, 5.41) is 4.45. The number of alkyl halides is 3. The van der Waals surface area contributed by atoms with Crippen LogP contribution in [0.4, 0.5) is 18.9 Å². The molecule has 1 aromatic rings. The molecule has 2 aliphatic rings. The fraction of sp³-hybridized carbons (Fsp3) is 0.711. The number of hydrogen-bond donors (Lipinski definition) is 3. The lowest BCUT2D eigenvalue weighted by Crippen LogP contribution is -2.56. The molecule has 322 valence electrons. The molecule has 0 unspecified atom stereocenters. The Balaban J connectivity index is 1.69. The number of nitrogens with zero attached hydrogens (tertiary/aromatic N) is 3. The number of amides is 5. The molecule has 19 heteroatoms. The second-order valence-corrected chi connectivity index (χ2v) is 16.8. The van der Waals surface area contributed by atoms with Crippen molar-refractivity contribution >= 4 is 45.2 Å². The van der Waals surface area contributed by atoms with Gasteiger partial charge in [0.05, 0.1) is 54.1 Å². The standard InChI is InChI=1S/C38H59F3N6O9S/c1-9-24(4)33(45(6)32(49)22-42-36(51)29-13-10-11-19-46(29)23(2)3)30(55-7)21-31(48)47-20-12-14-28(47)34(56-8)25(5)35(50)44-57(53,54)27-17-15-26(16-18-27)43-37(52)38(39,40)41/h15-18,23-25,28-30,33-34H,9-14,19-22H2,1-8H3,(H,42,51)(H,43,52)(H,44,50)/t24-,25+,28-,29+,30+,33-,34+/m0/s1. The van der Waals surface area contributed by atoms with Crippen molar-refractivity contribution in [2.75, 3.05) is 46.2 Å². The van der Waals surface area contributed by atoms with Gasteiger partial charge in [-0.3, -0.25) is 28.9 Å². The summed E-state index contributed by atoms with van der Waals surface area (Å²) in [6.07, 6.45) is -2.53. The molecule has 0 saturated carbocycles. The maximum Gasteiger partial charge on any atom is 0.471 e. The minimum atomic E-state index is -5.14. The highest BCUT2D eigenvalue weighted by atomic mass is 32.2. The minimum absolute atomic E-state index is 0.0937. The number of carbonyl (C=O) groups is 5. The number of sulfonamides is 1. The third-order valence-electron chi connectivity index (χ3n) is 11.1. The summed E-state index contributed by atoms with van der Waals surface area (Å²) in [5.74, 6) is -5.17. The summed E-state index contributed by atoms with van der Waals surface area (Å²) < 4.78 is 77.5. The molecule has 2 saturated heterocycles. The summed E-state index contributed by atoms with van der Waals surface area (Å²) >= 11 is 0. The van der Waals surface area contributed by atoms with E-state index in [1.54, 1.807) is 17.3 Å². The first kappa shape index (κ1) is 47.6. The van der Waals surface area contributed by atoms with E-state index in [1.807, 2.05) is 32.4 Å². The van der Waals surface area contributed by atoms with E-state index in [9.17, 15) is 45.6 Å². The van der Waals surface area contributed by atoms with Gasteiger partial charge in [-0.05, 0) is 76.3 Å². The van der Waals surface area contributed by atoms with E-state index in [1.165, 1.54) is 26.0 Å². The average molecular weight is 833 g/mol. The molecule has 1 aromatic carbocycles. The van der Waals surface area contributed by atoms with Crippen molar-refractivity contribution in [3.8, 4) is 0 Å². The number of halogens is 3. The van der Waals surface area contributed by atoms with E-state index < -0.39 is 63.1 Å². The molecule has 2 heterocycles.